The first kappa shape index (κ1) is 8.34. The minimum Gasteiger partial charge on any atom is -0.329 e. The molecule has 0 atom stereocenters. The smallest absolute Gasteiger partial charge is 0.211 e. The molecule has 0 saturated carbocycles. The van der Waals surface area contributed by atoms with Gasteiger partial charge in [-0.2, -0.15) is 0 Å². The Labute approximate surface area is 70.9 Å². The Morgan fingerprint density at radius 2 is 2.45 bits per heavy atom. The summed E-state index contributed by atoms with van der Waals surface area (Å²) in [6.07, 6.45) is 4.45. The van der Waals surface area contributed by atoms with Crippen LogP contribution in [0.25, 0.3) is 0 Å². The highest BCUT2D eigenvalue weighted by Gasteiger charge is 2.08. The molecule has 1 aliphatic rings. The number of nitrogens with one attached hydrogen (secondary N) is 1. The van der Waals surface area contributed by atoms with Gasteiger partial charge in [-0.25, -0.2) is 0 Å². The fraction of sp³-hybridized carbons (Fsp3) is 0.375. The van der Waals surface area contributed by atoms with Crippen molar-refractivity contribution in [3.8, 4) is 0 Å². The molecule has 0 spiro atoms. The lowest BCUT2D eigenvalue weighted by atomic mass is 10.1. The van der Waals surface area contributed by atoms with Gasteiger partial charge in [-0.05, 0) is 25.3 Å². The van der Waals surface area contributed by atoms with Gasteiger partial charge >= 0.3 is 0 Å². The van der Waals surface area contributed by atoms with E-state index in [4.69, 9.17) is 11.6 Å². The molecule has 1 aliphatic carbocycles. The van der Waals surface area contributed by atoms with Crippen LogP contribution in [0.2, 0.25) is 0 Å². The van der Waals surface area contributed by atoms with Gasteiger partial charge in [0.05, 0.1) is 0 Å². The van der Waals surface area contributed by atoms with Gasteiger partial charge in [-0.15, -0.1) is 0 Å². The van der Waals surface area contributed by atoms with E-state index in [1.54, 1.807) is 0 Å². The molecular weight excluding hydrogens is 162 g/mol. The summed E-state index contributed by atoms with van der Waals surface area (Å²) in [5.41, 5.74) is 1.82. The highest BCUT2D eigenvalue weighted by atomic mass is 35.5. The molecule has 2 nitrogen and oxygen atoms in total. The van der Waals surface area contributed by atoms with Crippen LogP contribution in [0, 0.1) is 0 Å². The number of carbonyl (C=O) groups is 1. The normalized spacial score (nSPS) is 17.8. The molecule has 0 aliphatic heterocycles. The number of hydrogen-bond acceptors (Lipinski definition) is 1. The summed E-state index contributed by atoms with van der Waals surface area (Å²) in [5.74, 6) is 0. The molecule has 1 N–H and O–H groups in total. The molecule has 1 amide bonds. The SMILES string of the molecule is CC1=C(Cl)CCC=C1NC=O. The van der Waals surface area contributed by atoms with Crippen molar-refractivity contribution >= 4 is 18.0 Å². The average Bonchev–Trinajstić information content (AvgIpc) is 1.99. The van der Waals surface area contributed by atoms with Crippen molar-refractivity contribution in [1.29, 1.82) is 0 Å². The minimum atomic E-state index is 0.671. The van der Waals surface area contributed by atoms with Crippen molar-refractivity contribution in [3.63, 3.8) is 0 Å². The molecule has 0 fully saturated rings. The lowest BCUT2D eigenvalue weighted by molar-refractivity contribution is -0.108. The van der Waals surface area contributed by atoms with E-state index in [2.05, 4.69) is 5.32 Å². The lowest BCUT2D eigenvalue weighted by Crippen LogP contribution is -2.13. The minimum absolute atomic E-state index is 0.671. The maximum Gasteiger partial charge on any atom is 0.211 e. The Hall–Kier alpha value is -0.760. The van der Waals surface area contributed by atoms with Crippen LogP contribution in [0.4, 0.5) is 0 Å². The molecule has 60 valence electrons. The van der Waals surface area contributed by atoms with E-state index in [-0.39, 0.29) is 0 Å². The molecule has 0 heterocycles. The fourth-order valence-electron chi connectivity index (χ4n) is 1.06. The second kappa shape index (κ2) is 3.58. The van der Waals surface area contributed by atoms with Crippen molar-refractivity contribution in [1.82, 2.24) is 5.32 Å². The topological polar surface area (TPSA) is 29.1 Å². The summed E-state index contributed by atoms with van der Waals surface area (Å²) in [4.78, 5) is 10.1. The number of hydrogen-bond donors (Lipinski definition) is 1. The summed E-state index contributed by atoms with van der Waals surface area (Å²) >= 11 is 5.88. The third-order valence-electron chi connectivity index (χ3n) is 1.74. The lowest BCUT2D eigenvalue weighted by Gasteiger charge is -2.13. The van der Waals surface area contributed by atoms with Crippen molar-refractivity contribution < 1.29 is 4.79 Å². The Kier molecular flexibility index (Phi) is 2.71. The van der Waals surface area contributed by atoms with E-state index >= 15 is 0 Å². The van der Waals surface area contributed by atoms with Gasteiger partial charge in [0.15, 0.2) is 0 Å². The van der Waals surface area contributed by atoms with Crippen LogP contribution in [0.15, 0.2) is 22.4 Å². The summed E-state index contributed by atoms with van der Waals surface area (Å²) in [6, 6.07) is 0. The monoisotopic (exact) mass is 171 g/mol. The van der Waals surface area contributed by atoms with Gasteiger partial charge in [0.1, 0.15) is 0 Å². The molecule has 0 bridgehead atoms. The summed E-state index contributed by atoms with van der Waals surface area (Å²) in [5, 5.41) is 3.45. The molecule has 0 aromatic heterocycles. The number of halogens is 1. The second-order valence-corrected chi connectivity index (χ2v) is 2.90. The maximum absolute atomic E-state index is 10.1. The van der Waals surface area contributed by atoms with Crippen molar-refractivity contribution in [2.24, 2.45) is 0 Å². The Bertz CT molecular complexity index is 230. The van der Waals surface area contributed by atoms with Crippen LogP contribution >= 0.6 is 11.6 Å². The van der Waals surface area contributed by atoms with Crippen LogP contribution < -0.4 is 5.32 Å². The molecule has 3 heteroatoms. The molecule has 0 aromatic rings. The fourth-order valence-corrected chi connectivity index (χ4v) is 1.27. The van der Waals surface area contributed by atoms with Gasteiger partial charge < -0.3 is 5.32 Å². The van der Waals surface area contributed by atoms with E-state index in [0.717, 1.165) is 29.1 Å². The van der Waals surface area contributed by atoms with Crippen molar-refractivity contribution in [3.05, 3.63) is 22.4 Å². The standard InChI is InChI=1S/C8H10ClNO/c1-6-7(9)3-2-4-8(6)10-5-11/h4-5H,2-3H2,1H3,(H,10,11). The third-order valence-corrected chi connectivity index (χ3v) is 2.21. The summed E-state index contributed by atoms with van der Waals surface area (Å²) < 4.78 is 0. The zero-order chi connectivity index (χ0) is 8.27. The van der Waals surface area contributed by atoms with Gasteiger partial charge in [-0.1, -0.05) is 17.7 Å². The van der Waals surface area contributed by atoms with E-state index in [1.807, 2.05) is 13.0 Å². The average molecular weight is 172 g/mol. The van der Waals surface area contributed by atoms with E-state index in [0.29, 0.717) is 6.41 Å². The quantitative estimate of drug-likeness (QED) is 0.632. The molecule has 11 heavy (non-hydrogen) atoms. The Morgan fingerprint density at radius 1 is 1.73 bits per heavy atom. The Morgan fingerprint density at radius 3 is 3.09 bits per heavy atom. The molecule has 0 radical (unpaired) electrons. The third kappa shape index (κ3) is 1.84. The first-order valence-corrected chi connectivity index (χ1v) is 3.89. The highest BCUT2D eigenvalue weighted by Crippen LogP contribution is 2.25. The van der Waals surface area contributed by atoms with Crippen LogP contribution in [0.1, 0.15) is 19.8 Å². The van der Waals surface area contributed by atoms with Crippen LogP contribution in [0.3, 0.4) is 0 Å². The number of carbonyl (C=O) groups excluding carboxylic acids is 1. The van der Waals surface area contributed by atoms with Crippen molar-refractivity contribution in [2.75, 3.05) is 0 Å². The van der Waals surface area contributed by atoms with Crippen LogP contribution in [0.5, 0.6) is 0 Å². The molecular formula is C8H10ClNO. The van der Waals surface area contributed by atoms with E-state index in [1.165, 1.54) is 0 Å². The van der Waals surface area contributed by atoms with Crippen LogP contribution in [-0.2, 0) is 4.79 Å². The predicted octanol–water partition coefficient (Wildman–Crippen LogP) is 1.92. The molecule has 1 rings (SSSR count). The largest absolute Gasteiger partial charge is 0.329 e. The first-order valence-electron chi connectivity index (χ1n) is 3.51. The number of rotatable bonds is 2. The molecule has 0 saturated heterocycles. The first-order chi connectivity index (χ1) is 5.25. The highest BCUT2D eigenvalue weighted by molar-refractivity contribution is 6.30. The predicted molar refractivity (Wildman–Crippen MR) is 45.1 cm³/mol. The Balaban J connectivity index is 2.79. The summed E-state index contributed by atoms with van der Waals surface area (Å²) in [6.45, 7) is 1.91. The zero-order valence-electron chi connectivity index (χ0n) is 6.36. The number of allylic oxidation sites excluding steroid dienone is 3. The van der Waals surface area contributed by atoms with Gasteiger partial charge in [0.25, 0.3) is 0 Å². The van der Waals surface area contributed by atoms with Crippen molar-refractivity contribution in [2.45, 2.75) is 19.8 Å². The summed E-state index contributed by atoms with van der Waals surface area (Å²) in [7, 11) is 0. The van der Waals surface area contributed by atoms with Gasteiger partial charge in [-0.3, -0.25) is 4.79 Å². The second-order valence-electron chi connectivity index (χ2n) is 2.45. The van der Waals surface area contributed by atoms with E-state index < -0.39 is 0 Å². The number of amides is 1. The molecule has 0 aromatic carbocycles. The van der Waals surface area contributed by atoms with E-state index in [9.17, 15) is 4.79 Å². The molecule has 0 unspecified atom stereocenters. The van der Waals surface area contributed by atoms with Crippen LogP contribution in [-0.4, -0.2) is 6.41 Å². The van der Waals surface area contributed by atoms with Gasteiger partial charge in [0, 0.05) is 10.7 Å². The zero-order valence-corrected chi connectivity index (χ0v) is 7.11. The van der Waals surface area contributed by atoms with Gasteiger partial charge in [0.2, 0.25) is 6.41 Å². The maximum atomic E-state index is 10.1.